The second kappa shape index (κ2) is 10.5. The van der Waals surface area contributed by atoms with Crippen molar-refractivity contribution in [2.75, 3.05) is 19.5 Å². The number of aromatic nitrogens is 1. The number of anilines is 1. The van der Waals surface area contributed by atoms with Gasteiger partial charge >= 0.3 is 0 Å². The lowest BCUT2D eigenvalue weighted by Gasteiger charge is -2.25. The van der Waals surface area contributed by atoms with E-state index in [-0.39, 0.29) is 11.5 Å². The van der Waals surface area contributed by atoms with Crippen molar-refractivity contribution >= 4 is 29.0 Å². The lowest BCUT2D eigenvalue weighted by atomic mass is 9.95. The Morgan fingerprint density at radius 1 is 0.947 bits per heavy atom. The second-order valence-electron chi connectivity index (χ2n) is 8.90. The van der Waals surface area contributed by atoms with Gasteiger partial charge in [0.15, 0.2) is 4.80 Å². The number of carbonyl (C=O) groups excluding carboxylic acids is 1. The summed E-state index contributed by atoms with van der Waals surface area (Å²) in [5.41, 5.74) is 4.08. The highest BCUT2D eigenvalue weighted by Gasteiger charge is 2.32. The molecule has 1 atom stereocenters. The molecule has 192 valence electrons. The van der Waals surface area contributed by atoms with E-state index in [1.165, 1.54) is 11.3 Å². The van der Waals surface area contributed by atoms with Crippen LogP contribution in [-0.4, -0.2) is 24.7 Å². The van der Waals surface area contributed by atoms with E-state index in [2.05, 4.69) is 5.32 Å². The van der Waals surface area contributed by atoms with Crippen LogP contribution < -0.4 is 29.7 Å². The number of benzene rings is 3. The van der Waals surface area contributed by atoms with Gasteiger partial charge in [0.1, 0.15) is 11.5 Å². The predicted molar refractivity (Wildman–Crippen MR) is 150 cm³/mol. The number of ether oxygens (including phenoxy) is 2. The number of thiazole rings is 1. The normalized spacial score (nSPS) is 15.1. The molecule has 1 aliphatic rings. The van der Waals surface area contributed by atoms with Crippen LogP contribution in [0.5, 0.6) is 11.5 Å². The topological polar surface area (TPSA) is 81.9 Å². The number of nitrogens with one attached hydrogen (secondary N) is 1. The summed E-state index contributed by atoms with van der Waals surface area (Å²) in [6.45, 7) is 3.75. The van der Waals surface area contributed by atoms with Gasteiger partial charge in [-0.2, -0.15) is 0 Å². The first-order chi connectivity index (χ1) is 18.4. The lowest BCUT2D eigenvalue weighted by molar-refractivity contribution is -0.113. The number of rotatable bonds is 6. The summed E-state index contributed by atoms with van der Waals surface area (Å²) >= 11 is 1.30. The van der Waals surface area contributed by atoms with Gasteiger partial charge in [-0.15, -0.1) is 0 Å². The Hall–Kier alpha value is -4.43. The second-order valence-corrected chi connectivity index (χ2v) is 9.91. The van der Waals surface area contributed by atoms with Crippen LogP contribution in [0.15, 0.2) is 93.9 Å². The molecule has 0 saturated carbocycles. The quantitative estimate of drug-likeness (QED) is 0.409. The molecule has 5 rings (SSSR count). The van der Waals surface area contributed by atoms with Crippen LogP contribution >= 0.6 is 11.3 Å². The van der Waals surface area contributed by atoms with Gasteiger partial charge in [-0.3, -0.25) is 14.2 Å². The van der Waals surface area contributed by atoms with E-state index in [1.807, 2.05) is 92.7 Å². The number of hydrogen-bond donors (Lipinski definition) is 1. The fraction of sp³-hybridized carbons (Fsp3) is 0.167. The van der Waals surface area contributed by atoms with E-state index in [9.17, 15) is 9.59 Å². The number of aryl methyl sites for hydroxylation is 1. The highest BCUT2D eigenvalue weighted by atomic mass is 32.1. The third-order valence-electron chi connectivity index (χ3n) is 6.50. The van der Waals surface area contributed by atoms with Gasteiger partial charge in [0.25, 0.3) is 11.5 Å². The lowest BCUT2D eigenvalue weighted by Crippen LogP contribution is -2.40. The van der Waals surface area contributed by atoms with Crippen LogP contribution in [0.2, 0.25) is 0 Å². The monoisotopic (exact) mass is 525 g/mol. The fourth-order valence-corrected chi connectivity index (χ4v) is 5.51. The van der Waals surface area contributed by atoms with Gasteiger partial charge < -0.3 is 14.8 Å². The Morgan fingerprint density at radius 3 is 2.21 bits per heavy atom. The summed E-state index contributed by atoms with van der Waals surface area (Å²) < 4.78 is 12.7. The number of nitrogens with zero attached hydrogens (tertiary/aromatic N) is 2. The number of hydrogen-bond acceptors (Lipinski definition) is 6. The van der Waals surface area contributed by atoms with Crippen LogP contribution in [0.1, 0.15) is 29.7 Å². The number of fused-ring (bicyclic) bond motifs is 1. The molecule has 1 aromatic heterocycles. The van der Waals surface area contributed by atoms with Crippen molar-refractivity contribution in [1.29, 1.82) is 0 Å². The SMILES string of the molecule is COc1ccc(/C=c2/sc3n(c2=O)C(c2ccc(OC)cc2)C(C(=O)Nc2ccccc2C)=C(C)N=3)cc1. The van der Waals surface area contributed by atoms with E-state index in [1.54, 1.807) is 18.8 Å². The van der Waals surface area contributed by atoms with Crippen LogP contribution in [-0.2, 0) is 4.79 Å². The van der Waals surface area contributed by atoms with Crippen LogP contribution in [0.4, 0.5) is 5.69 Å². The highest BCUT2D eigenvalue weighted by molar-refractivity contribution is 7.07. The van der Waals surface area contributed by atoms with E-state index in [0.717, 1.165) is 22.4 Å². The molecule has 38 heavy (non-hydrogen) atoms. The largest absolute Gasteiger partial charge is 0.497 e. The fourth-order valence-electron chi connectivity index (χ4n) is 4.47. The first-order valence-corrected chi connectivity index (χ1v) is 12.9. The molecule has 1 unspecified atom stereocenters. The van der Waals surface area contributed by atoms with Gasteiger partial charge in [-0.1, -0.05) is 53.8 Å². The minimum absolute atomic E-state index is 0.209. The van der Waals surface area contributed by atoms with Gasteiger partial charge in [0.05, 0.1) is 36.1 Å². The summed E-state index contributed by atoms with van der Waals surface area (Å²) in [5, 5.41) is 3.03. The highest BCUT2D eigenvalue weighted by Crippen LogP contribution is 2.32. The van der Waals surface area contributed by atoms with Crippen molar-refractivity contribution in [2.45, 2.75) is 19.9 Å². The standard InChI is InChI=1S/C30H27N3O4S/c1-18-7-5-6-8-24(18)32-28(34)26-19(2)31-30-33(27(26)21-11-15-23(37-4)16-12-21)29(35)25(38-30)17-20-9-13-22(36-3)14-10-20/h5-17,27H,1-4H3,(H,32,34)/b25-17+. The molecule has 0 saturated heterocycles. The number of para-hydroxylation sites is 1. The molecule has 0 bridgehead atoms. The maximum absolute atomic E-state index is 13.8. The summed E-state index contributed by atoms with van der Waals surface area (Å²) in [7, 11) is 3.21. The maximum atomic E-state index is 13.8. The molecular weight excluding hydrogens is 498 g/mol. The Bertz CT molecular complexity index is 1720. The molecule has 3 aromatic carbocycles. The number of allylic oxidation sites excluding steroid dienone is 1. The van der Waals surface area contributed by atoms with Crippen molar-refractivity contribution in [3.05, 3.63) is 120 Å². The van der Waals surface area contributed by atoms with Crippen LogP contribution in [0.3, 0.4) is 0 Å². The van der Waals surface area contributed by atoms with Gasteiger partial charge in [-0.25, -0.2) is 4.99 Å². The minimum atomic E-state index is -0.654. The number of amides is 1. The zero-order valence-electron chi connectivity index (χ0n) is 21.5. The molecule has 8 heteroatoms. The molecule has 1 amide bonds. The van der Waals surface area contributed by atoms with Crippen LogP contribution in [0.25, 0.3) is 6.08 Å². The molecule has 0 fully saturated rings. The average Bonchev–Trinajstić information content (AvgIpc) is 3.23. The third-order valence-corrected chi connectivity index (χ3v) is 7.49. The molecule has 7 nitrogen and oxygen atoms in total. The maximum Gasteiger partial charge on any atom is 0.271 e. The zero-order valence-corrected chi connectivity index (χ0v) is 22.3. The molecule has 1 aliphatic heterocycles. The summed E-state index contributed by atoms with van der Waals surface area (Å²) in [6, 6.07) is 21.8. The Kier molecular flexibility index (Phi) is 6.98. The van der Waals surface area contributed by atoms with Crippen molar-refractivity contribution in [2.24, 2.45) is 4.99 Å². The minimum Gasteiger partial charge on any atom is -0.497 e. The summed E-state index contributed by atoms with van der Waals surface area (Å²) in [6.07, 6.45) is 1.83. The van der Waals surface area contributed by atoms with Crippen molar-refractivity contribution in [3.8, 4) is 11.5 Å². The Balaban J connectivity index is 1.65. The third kappa shape index (κ3) is 4.78. The first kappa shape index (κ1) is 25.2. The Morgan fingerprint density at radius 2 is 1.58 bits per heavy atom. The molecule has 0 radical (unpaired) electrons. The van der Waals surface area contributed by atoms with Crippen LogP contribution in [0, 0.1) is 6.92 Å². The van der Waals surface area contributed by atoms with Gasteiger partial charge in [0, 0.05) is 5.69 Å². The summed E-state index contributed by atoms with van der Waals surface area (Å²) in [5.74, 6) is 1.13. The molecule has 2 heterocycles. The molecular formula is C30H27N3O4S. The molecule has 1 N–H and O–H groups in total. The van der Waals surface area contributed by atoms with Gasteiger partial charge in [0.2, 0.25) is 0 Å². The molecule has 0 spiro atoms. The number of carbonyl (C=O) groups is 1. The zero-order chi connectivity index (χ0) is 26.8. The van der Waals surface area contributed by atoms with Crippen molar-refractivity contribution in [3.63, 3.8) is 0 Å². The van der Waals surface area contributed by atoms with Gasteiger partial charge in [-0.05, 0) is 66.9 Å². The average molecular weight is 526 g/mol. The Labute approximate surface area is 224 Å². The molecule has 0 aliphatic carbocycles. The van der Waals surface area contributed by atoms with E-state index >= 15 is 0 Å². The van der Waals surface area contributed by atoms with E-state index in [4.69, 9.17) is 14.5 Å². The predicted octanol–water partition coefficient (Wildman–Crippen LogP) is 4.20. The molecule has 4 aromatic rings. The first-order valence-electron chi connectivity index (χ1n) is 12.1. The smallest absolute Gasteiger partial charge is 0.271 e. The number of methoxy groups -OCH3 is 2. The van der Waals surface area contributed by atoms with Crippen molar-refractivity contribution in [1.82, 2.24) is 4.57 Å². The van der Waals surface area contributed by atoms with E-state index in [0.29, 0.717) is 32.0 Å². The summed E-state index contributed by atoms with van der Waals surface area (Å²) in [4.78, 5) is 32.8. The van der Waals surface area contributed by atoms with E-state index < -0.39 is 6.04 Å². The van der Waals surface area contributed by atoms with Crippen molar-refractivity contribution < 1.29 is 14.3 Å².